The first-order valence-electron chi connectivity index (χ1n) is 46.7. The van der Waals surface area contributed by atoms with Crippen molar-refractivity contribution in [2.24, 2.45) is 5.92 Å². The number of halogens is 2. The molecule has 0 aliphatic carbocycles. The maximum atomic E-state index is 16.8. The van der Waals surface area contributed by atoms with Crippen LogP contribution >= 0.6 is 33.6 Å². The van der Waals surface area contributed by atoms with Crippen LogP contribution < -0.4 is 32.1 Å². The highest BCUT2D eigenvalue weighted by Gasteiger charge is 2.54. The quantitative estimate of drug-likeness (QED) is 0.00568. The van der Waals surface area contributed by atoms with E-state index in [9.17, 15) is 67.2 Å². The van der Waals surface area contributed by atoms with Gasteiger partial charge in [-0.25, -0.2) is 47.4 Å². The number of nitrogens with one attached hydrogen (secondary N) is 6. The molecule has 1 aromatic carbocycles. The minimum atomic E-state index is -4.77. The second-order valence-electron chi connectivity index (χ2n) is 34.0. The number of fused-ring (bicyclic) bond motifs is 5. The van der Waals surface area contributed by atoms with Gasteiger partial charge in [0.2, 0.25) is 23.6 Å². The number of hydrogen-bond acceptors (Lipinski definition) is 29. The lowest BCUT2D eigenvalue weighted by atomic mass is 10.0. The lowest BCUT2D eigenvalue weighted by molar-refractivity contribution is -0.161. The molecule has 0 radical (unpaired) electrons. The van der Waals surface area contributed by atoms with Crippen molar-refractivity contribution >= 4 is 127 Å². The number of imidazole rings is 1. The summed E-state index contributed by atoms with van der Waals surface area (Å²) in [6.07, 6.45) is 22.5. The van der Waals surface area contributed by atoms with Crippen molar-refractivity contribution in [2.45, 2.75) is 333 Å². The summed E-state index contributed by atoms with van der Waals surface area (Å²) in [6.45, 7) is -3.79. The summed E-state index contributed by atoms with van der Waals surface area (Å²) >= 11 is 9.34. The molecule has 8 rings (SSSR count). The van der Waals surface area contributed by atoms with Crippen LogP contribution in [0.4, 0.5) is 29.9 Å². The molecule has 2 bridgehead atoms. The lowest BCUT2D eigenvalue weighted by Gasteiger charge is -2.27. The zero-order chi connectivity index (χ0) is 96.3. The number of alkyl halides is 1. The predicted molar refractivity (Wildman–Crippen MR) is 495 cm³/mol. The Kier molecular flexibility index (Phi) is 48.5. The average Bonchev–Trinajstić information content (AvgIpc) is 1.61. The SMILES string of the molecule is CCCCCCCCCCCCCCCCCC(=O)OC[C@H](COP(=O)(O)OCCNC(=O)CCCC(=O)N[C@H](C(=O)N[C@@H](C)C(=O)Nc1ccc(COC(=O)N(C)CCOC(=O)Nc2ncnc3c2ncn3[C@@H]2O[C@@H]3COP(O)(=S)O[C@@H]4[C@H](O)[C@@H](COP(=O)(S)O[C@H]3[C@H]2F)O[C@H]4n2cc(F)c3c(=O)[nH]cnc32)cc1)C(C)C)OC(=O)CCCCCCCCCCCCCCCCC. The first-order chi connectivity index (χ1) is 63.8. The number of thiol groups is 1. The van der Waals surface area contributed by atoms with Gasteiger partial charge in [0.25, 0.3) is 5.56 Å². The number of esters is 2. The van der Waals surface area contributed by atoms with Crippen LogP contribution in [0.2, 0.25) is 0 Å². The van der Waals surface area contributed by atoms with Crippen LogP contribution in [0.3, 0.4) is 0 Å². The molecule has 14 atom stereocenters. The summed E-state index contributed by atoms with van der Waals surface area (Å²) < 4.78 is 127. The zero-order valence-electron chi connectivity index (χ0n) is 77.0. The van der Waals surface area contributed by atoms with Gasteiger partial charge in [0.05, 0.1) is 45.6 Å². The van der Waals surface area contributed by atoms with Crippen LogP contribution in [0, 0.1) is 11.7 Å². The molecular weight excluding hydrogens is 1840 g/mol. The molecule has 746 valence electrons. The largest absolute Gasteiger partial charge is 0.472 e. The molecule has 4 aromatic heterocycles. The monoisotopic (exact) mass is 1970 g/mol. The number of carbonyl (C=O) groups is 8. The van der Waals surface area contributed by atoms with E-state index in [-0.39, 0.29) is 87.6 Å². The third kappa shape index (κ3) is 38.7. The van der Waals surface area contributed by atoms with Crippen LogP contribution in [0.25, 0.3) is 22.2 Å². The summed E-state index contributed by atoms with van der Waals surface area (Å²) in [7, 11) is -3.39. The number of H-pyrrole nitrogens is 1. The fourth-order valence-electron chi connectivity index (χ4n) is 15.3. The first kappa shape index (κ1) is 111. The topological polar surface area (TPSA) is 500 Å². The van der Waals surface area contributed by atoms with Crippen LogP contribution in [-0.4, -0.2) is 216 Å². The summed E-state index contributed by atoms with van der Waals surface area (Å²) in [4.78, 5) is 159. The van der Waals surface area contributed by atoms with Crippen molar-refractivity contribution in [1.29, 1.82) is 0 Å². The number of benzene rings is 1. The molecule has 0 saturated carbocycles. The molecule has 3 fully saturated rings. The van der Waals surface area contributed by atoms with E-state index < -0.39 is 186 Å². The number of ether oxygens (including phenoxy) is 6. The molecule has 6 amide bonds. The molecule has 3 saturated heterocycles. The molecule has 39 nitrogen and oxygen atoms in total. The maximum Gasteiger partial charge on any atom is 0.472 e. The molecule has 3 aliphatic rings. The lowest BCUT2D eigenvalue weighted by Crippen LogP contribution is -2.53. The number of anilines is 2. The van der Waals surface area contributed by atoms with Crippen molar-refractivity contribution in [1.82, 2.24) is 54.9 Å². The van der Waals surface area contributed by atoms with Crippen molar-refractivity contribution < 1.29 is 127 Å². The molecule has 46 heteroatoms. The normalized spacial score (nSPS) is 21.4. The van der Waals surface area contributed by atoms with Crippen LogP contribution in [0.1, 0.15) is 277 Å². The number of likely N-dealkylation sites (N-methyl/N-ethyl adjacent to an activating group) is 1. The number of unbranched alkanes of at least 4 members (excludes halogenated alkanes) is 28. The van der Waals surface area contributed by atoms with E-state index in [2.05, 4.69) is 77.6 Å². The summed E-state index contributed by atoms with van der Waals surface area (Å²) in [5, 5.41) is 23.9. The van der Waals surface area contributed by atoms with E-state index in [0.29, 0.717) is 24.1 Å². The second kappa shape index (κ2) is 58.2. The second-order valence-corrected chi connectivity index (χ2v) is 41.2. The standard InChI is InChI=1S/C87H136F2N13O26P3S2/c1-7-9-11-13-15-17-19-21-23-25-27-29-31-33-35-40-69(105)118-52-63(124-70(106)41-36-34-32-30-28-26-24-22-20-18-16-14-12-10-8-2)53-121-129(113,114)120-48-46-90-67(103)38-37-39-68(104)98-73(59(3)4)83(110)96-60(5)81(108)97-62-44-42-61(43-45-62)51-119-87(112)100(6)47-49-117-86(111)99-78-74-80(93-56-91-78)102(58-95-74)84-72(89)76-66(126-84)55-123-131(116,133)128-77-75(107)65(54-122-130(115,132)127-76)125-85(77)101-50-64(88)71-79(101)92-57-94-82(71)109/h42-45,50,56-60,63,65-66,72-73,75-77,84-85,107H,7-41,46-49,51-55H2,1-6H3,(H,90,103)(H,96,110)(H,97,108)(H,98,104)(H,113,114)(H,115,132)(H,116,133)(H,92,94,109)(H,91,93,99,111)/t60-,63+,65+,66+,72+,73-,75+,76+,77+,84+,85+,130?,131?/m0/s1. The summed E-state index contributed by atoms with van der Waals surface area (Å²) in [5.74, 6) is -4.98. The number of aromatic nitrogens is 7. The van der Waals surface area contributed by atoms with Gasteiger partial charge in [-0.15, -0.1) is 0 Å². The van der Waals surface area contributed by atoms with Gasteiger partial charge < -0.3 is 83.6 Å². The minimum absolute atomic E-state index is 0.0632. The molecule has 3 unspecified atom stereocenters. The summed E-state index contributed by atoms with van der Waals surface area (Å²) in [5.41, 5.74) is -0.434. The van der Waals surface area contributed by atoms with E-state index >= 15 is 8.78 Å². The smallest absolute Gasteiger partial charge is 0.462 e. The number of aromatic amines is 1. The Balaban J connectivity index is 0.687. The average molecular weight is 1980 g/mol. The third-order valence-corrected chi connectivity index (χ3v) is 26.9. The van der Waals surface area contributed by atoms with Crippen molar-refractivity contribution in [2.75, 3.05) is 70.4 Å². The highest BCUT2D eigenvalue weighted by Crippen LogP contribution is 2.59. The van der Waals surface area contributed by atoms with E-state index in [4.69, 9.17) is 67.4 Å². The molecule has 0 spiro atoms. The minimum Gasteiger partial charge on any atom is -0.462 e. The van der Waals surface area contributed by atoms with Crippen LogP contribution in [0.5, 0.6) is 0 Å². The number of nitrogens with zero attached hydrogens (tertiary/aromatic N) is 7. The maximum absolute atomic E-state index is 16.8. The number of rotatable bonds is 60. The predicted octanol–water partition coefficient (Wildman–Crippen LogP) is 15.1. The van der Waals surface area contributed by atoms with E-state index in [0.717, 1.165) is 84.2 Å². The molecule has 5 aromatic rings. The van der Waals surface area contributed by atoms with Crippen molar-refractivity contribution in [3.05, 3.63) is 71.2 Å². The Morgan fingerprint density at radius 2 is 1.24 bits per heavy atom. The third-order valence-electron chi connectivity index (χ3n) is 22.8. The Labute approximate surface area is 785 Å². The van der Waals surface area contributed by atoms with Gasteiger partial charge in [-0.1, -0.05) is 232 Å². The van der Waals surface area contributed by atoms with Crippen molar-refractivity contribution in [3.8, 4) is 0 Å². The summed E-state index contributed by atoms with van der Waals surface area (Å²) in [6, 6.07) is 4.08. The van der Waals surface area contributed by atoms with E-state index in [1.807, 2.05) is 0 Å². The number of aliphatic hydroxyl groups excluding tert-OH is 1. The number of aliphatic hydroxyl groups is 1. The van der Waals surface area contributed by atoms with Crippen molar-refractivity contribution in [3.63, 3.8) is 0 Å². The van der Waals surface area contributed by atoms with Gasteiger partial charge in [-0.3, -0.25) is 66.1 Å². The molecule has 3 aliphatic heterocycles. The number of phosphoric acid groups is 1. The fourth-order valence-corrected chi connectivity index (χ4v) is 18.9. The Bertz CT molecular complexity index is 4680. The molecular formula is C87H136F2N13O26P3S2. The van der Waals surface area contributed by atoms with Gasteiger partial charge in [-0.05, 0) is 61.6 Å². The van der Waals surface area contributed by atoms with Gasteiger partial charge in [-0.2, -0.15) is 0 Å². The molecule has 7 heterocycles. The molecule has 9 N–H and O–H groups in total. The van der Waals surface area contributed by atoms with E-state index in [1.54, 1.807) is 26.0 Å². The number of hydrogen-bond donors (Lipinski definition) is 10. The van der Waals surface area contributed by atoms with Crippen LogP contribution in [0.15, 0.2) is 54.2 Å². The highest BCUT2D eigenvalue weighted by molar-refractivity contribution is 8.44. The first-order valence-corrected chi connectivity index (χ1v) is 53.4. The Morgan fingerprint density at radius 1 is 0.662 bits per heavy atom. The van der Waals surface area contributed by atoms with E-state index in [1.165, 1.54) is 161 Å². The fraction of sp³-hybridized carbons (Fsp3) is 0.713. The Morgan fingerprint density at radius 3 is 1.85 bits per heavy atom. The van der Waals surface area contributed by atoms with Gasteiger partial charge in [0, 0.05) is 51.2 Å². The highest BCUT2D eigenvalue weighted by atomic mass is 32.7. The van der Waals surface area contributed by atoms with Gasteiger partial charge in [0.1, 0.15) is 74.1 Å². The van der Waals surface area contributed by atoms with Gasteiger partial charge >= 0.3 is 45.5 Å². The Hall–Kier alpha value is -7.57. The van der Waals surface area contributed by atoms with Gasteiger partial charge in [0.15, 0.2) is 53.2 Å². The number of amides is 6. The molecule has 133 heavy (non-hydrogen) atoms. The zero-order valence-corrected chi connectivity index (χ0v) is 81.4. The number of phosphoric ester groups is 1. The van der Waals surface area contributed by atoms with Crippen LogP contribution in [-0.2, 0) is 112 Å². The number of carbonyl (C=O) groups excluding carboxylic acids is 8.